The second-order valence-corrected chi connectivity index (χ2v) is 8.51. The van der Waals surface area contributed by atoms with Gasteiger partial charge in [0.1, 0.15) is 5.82 Å². The molecule has 7 heteroatoms. The third kappa shape index (κ3) is 5.37. The zero-order valence-corrected chi connectivity index (χ0v) is 17.4. The molecule has 1 unspecified atom stereocenters. The van der Waals surface area contributed by atoms with Crippen LogP contribution in [0.5, 0.6) is 0 Å². The number of alkyl halides is 3. The van der Waals surface area contributed by atoms with Crippen molar-refractivity contribution < 1.29 is 13.2 Å². The van der Waals surface area contributed by atoms with Gasteiger partial charge in [0.15, 0.2) is 0 Å². The molecule has 3 rings (SSSR count). The smallest absolute Gasteiger partial charge is 0.363 e. The fourth-order valence-corrected chi connectivity index (χ4v) is 4.93. The molecule has 1 atom stereocenters. The summed E-state index contributed by atoms with van der Waals surface area (Å²) < 4.78 is 38.1. The van der Waals surface area contributed by atoms with Crippen LogP contribution in [-0.4, -0.2) is 41.1 Å². The second-order valence-electron chi connectivity index (χ2n) is 8.04. The molecule has 2 fully saturated rings. The minimum Gasteiger partial charge on any atom is -0.363 e. The minimum atomic E-state index is -4.34. The van der Waals surface area contributed by atoms with Crippen molar-refractivity contribution in [2.24, 2.45) is 11.8 Å². The van der Waals surface area contributed by atoms with Gasteiger partial charge in [-0.2, -0.15) is 13.2 Å². The van der Waals surface area contributed by atoms with Crippen molar-refractivity contribution in [1.82, 2.24) is 9.88 Å². The van der Waals surface area contributed by atoms with Crippen molar-refractivity contribution in [1.29, 1.82) is 0 Å². The Morgan fingerprint density at radius 1 is 1.14 bits per heavy atom. The molecule has 1 saturated carbocycles. The number of hydrogen-bond donors (Lipinski definition) is 0. The molecule has 28 heavy (non-hydrogen) atoms. The van der Waals surface area contributed by atoms with Gasteiger partial charge in [-0.1, -0.05) is 57.7 Å². The van der Waals surface area contributed by atoms with E-state index in [0.717, 1.165) is 55.8 Å². The Labute approximate surface area is 171 Å². The number of hydrogen-bond acceptors (Lipinski definition) is 3. The van der Waals surface area contributed by atoms with Gasteiger partial charge in [-0.3, -0.25) is 0 Å². The van der Waals surface area contributed by atoms with E-state index in [2.05, 4.69) is 16.8 Å². The van der Waals surface area contributed by atoms with Gasteiger partial charge in [0.2, 0.25) is 0 Å². The Morgan fingerprint density at radius 3 is 2.36 bits per heavy atom. The van der Waals surface area contributed by atoms with E-state index in [1.807, 2.05) is 4.90 Å². The Morgan fingerprint density at radius 2 is 1.82 bits per heavy atom. The maximum atomic E-state index is 12.7. The average molecular weight is 414 g/mol. The van der Waals surface area contributed by atoms with Crippen molar-refractivity contribution in [3.05, 3.63) is 23.9 Å². The SMILES string of the molecule is CCC(CC(=S)N1CCN(c2ccc(C(F)(F)F)cn2)CC1)C1CCCCC1. The first-order chi connectivity index (χ1) is 13.4. The first-order valence-electron chi connectivity index (χ1n) is 10.4. The fourth-order valence-electron chi connectivity index (χ4n) is 4.53. The van der Waals surface area contributed by atoms with Crippen molar-refractivity contribution in [3.8, 4) is 0 Å². The molecule has 0 amide bonds. The van der Waals surface area contributed by atoms with E-state index < -0.39 is 11.7 Å². The first kappa shape index (κ1) is 21.3. The lowest BCUT2D eigenvalue weighted by Gasteiger charge is -2.38. The van der Waals surface area contributed by atoms with Gasteiger partial charge in [0.25, 0.3) is 0 Å². The summed E-state index contributed by atoms with van der Waals surface area (Å²) in [5, 5.41) is 0. The molecule has 1 aliphatic carbocycles. The van der Waals surface area contributed by atoms with E-state index in [1.165, 1.54) is 44.6 Å². The van der Waals surface area contributed by atoms with Crippen LogP contribution in [0.1, 0.15) is 57.4 Å². The number of aromatic nitrogens is 1. The average Bonchev–Trinajstić information content (AvgIpc) is 2.72. The zero-order valence-electron chi connectivity index (χ0n) is 16.5. The highest BCUT2D eigenvalue weighted by Crippen LogP contribution is 2.34. The second kappa shape index (κ2) is 9.42. The molecule has 156 valence electrons. The molecule has 1 aliphatic heterocycles. The van der Waals surface area contributed by atoms with Crippen molar-refractivity contribution in [3.63, 3.8) is 0 Å². The maximum Gasteiger partial charge on any atom is 0.417 e. The van der Waals surface area contributed by atoms with Gasteiger partial charge in [-0.15, -0.1) is 0 Å². The lowest BCUT2D eigenvalue weighted by atomic mass is 9.77. The minimum absolute atomic E-state index is 0.604. The molecule has 3 nitrogen and oxygen atoms in total. The Balaban J connectivity index is 1.50. The van der Waals surface area contributed by atoms with Gasteiger partial charge in [-0.05, 0) is 24.0 Å². The first-order valence-corrected chi connectivity index (χ1v) is 10.8. The van der Waals surface area contributed by atoms with Gasteiger partial charge < -0.3 is 9.80 Å². The maximum absolute atomic E-state index is 12.7. The molecule has 2 aliphatic rings. The number of pyridine rings is 1. The Hall–Kier alpha value is -1.37. The Kier molecular flexibility index (Phi) is 7.18. The number of nitrogens with zero attached hydrogens (tertiary/aromatic N) is 3. The molecule has 1 saturated heterocycles. The summed E-state index contributed by atoms with van der Waals surface area (Å²) in [6.45, 7) is 5.36. The summed E-state index contributed by atoms with van der Waals surface area (Å²) in [6, 6.07) is 2.57. The van der Waals surface area contributed by atoms with Crippen LogP contribution < -0.4 is 4.90 Å². The highest BCUT2D eigenvalue weighted by Gasteiger charge is 2.31. The third-order valence-electron chi connectivity index (χ3n) is 6.31. The van der Waals surface area contributed by atoms with Crippen molar-refractivity contribution >= 4 is 23.0 Å². The molecule has 0 spiro atoms. The highest BCUT2D eigenvalue weighted by atomic mass is 32.1. The number of halogens is 3. The topological polar surface area (TPSA) is 19.4 Å². The van der Waals surface area contributed by atoms with E-state index in [4.69, 9.17) is 12.2 Å². The van der Waals surface area contributed by atoms with Crippen molar-refractivity contribution in [2.75, 3.05) is 31.1 Å². The molecule has 1 aromatic rings. The highest BCUT2D eigenvalue weighted by molar-refractivity contribution is 7.80. The van der Waals surface area contributed by atoms with E-state index in [1.54, 1.807) is 0 Å². The molecule has 0 bridgehead atoms. The number of thiocarbonyl (C=S) groups is 1. The summed E-state index contributed by atoms with van der Waals surface area (Å²) in [5.74, 6) is 2.10. The number of anilines is 1. The monoisotopic (exact) mass is 413 g/mol. The van der Waals surface area contributed by atoms with Crippen LogP contribution in [-0.2, 0) is 6.18 Å². The molecule has 0 N–H and O–H groups in total. The normalized spacial score (nSPS) is 20.3. The Bertz CT molecular complexity index is 633. The van der Waals surface area contributed by atoms with Crippen LogP contribution in [0.4, 0.5) is 19.0 Å². The van der Waals surface area contributed by atoms with E-state index in [-0.39, 0.29) is 0 Å². The predicted molar refractivity (Wildman–Crippen MR) is 111 cm³/mol. The van der Waals surface area contributed by atoms with Gasteiger partial charge in [0, 0.05) is 38.8 Å². The van der Waals surface area contributed by atoms with Crippen LogP contribution in [0.2, 0.25) is 0 Å². The van der Waals surface area contributed by atoms with Crippen LogP contribution in [0.15, 0.2) is 18.3 Å². The summed E-state index contributed by atoms with van der Waals surface area (Å²) in [7, 11) is 0. The third-order valence-corrected chi connectivity index (χ3v) is 6.73. The summed E-state index contributed by atoms with van der Waals surface area (Å²) in [6.07, 6.45) is 5.52. The van der Waals surface area contributed by atoms with Gasteiger partial charge in [0.05, 0.1) is 10.6 Å². The van der Waals surface area contributed by atoms with Crippen LogP contribution >= 0.6 is 12.2 Å². The molecular formula is C21H30F3N3S. The largest absolute Gasteiger partial charge is 0.417 e. The van der Waals surface area contributed by atoms with Crippen LogP contribution in [0.3, 0.4) is 0 Å². The van der Waals surface area contributed by atoms with Crippen molar-refractivity contribution in [2.45, 2.75) is 58.0 Å². The lowest BCUT2D eigenvalue weighted by Crippen LogP contribution is -2.49. The molecule has 0 aromatic carbocycles. The molecular weight excluding hydrogens is 383 g/mol. The lowest BCUT2D eigenvalue weighted by molar-refractivity contribution is -0.137. The molecule has 0 radical (unpaired) electrons. The quantitative estimate of drug-likeness (QED) is 0.590. The fraction of sp³-hybridized carbons (Fsp3) is 0.714. The number of rotatable bonds is 5. The van der Waals surface area contributed by atoms with E-state index in [9.17, 15) is 13.2 Å². The number of piperazine rings is 1. The van der Waals surface area contributed by atoms with Crippen LogP contribution in [0, 0.1) is 11.8 Å². The molecule has 2 heterocycles. The summed E-state index contributed by atoms with van der Waals surface area (Å²) in [5.41, 5.74) is -0.704. The standard InChI is InChI=1S/C21H30F3N3S/c1-2-16(17-6-4-3-5-7-17)14-20(28)27-12-10-26(11-13-27)19-9-8-18(15-25-19)21(22,23)24/h8-9,15-17H,2-7,10-14H2,1H3. The van der Waals surface area contributed by atoms with Gasteiger partial charge in [-0.25, -0.2) is 4.98 Å². The predicted octanol–water partition coefficient (Wildman–Crippen LogP) is 5.55. The van der Waals surface area contributed by atoms with Gasteiger partial charge >= 0.3 is 6.18 Å². The van der Waals surface area contributed by atoms with E-state index in [0.29, 0.717) is 11.7 Å². The zero-order chi connectivity index (χ0) is 20.1. The van der Waals surface area contributed by atoms with E-state index >= 15 is 0 Å². The summed E-state index contributed by atoms with van der Waals surface area (Å²) in [4.78, 5) is 9.39. The summed E-state index contributed by atoms with van der Waals surface area (Å²) >= 11 is 5.77. The van der Waals surface area contributed by atoms with Crippen LogP contribution in [0.25, 0.3) is 0 Å². The molecule has 1 aromatic heterocycles.